The third-order valence-corrected chi connectivity index (χ3v) is 5.81. The van der Waals surface area contributed by atoms with Crippen LogP contribution in [0.2, 0.25) is 10.0 Å². The minimum atomic E-state index is -0.860. The Hall–Kier alpha value is -3.69. The molecule has 0 spiro atoms. The Labute approximate surface area is 217 Å². The molecule has 0 saturated heterocycles. The Balaban J connectivity index is 1.69. The zero-order valence-electron chi connectivity index (χ0n) is 19.7. The number of halogens is 2. The van der Waals surface area contributed by atoms with Gasteiger partial charge < -0.3 is 9.73 Å². The van der Waals surface area contributed by atoms with E-state index in [9.17, 15) is 19.7 Å². The number of hydrogen-bond donors (Lipinski definition) is 2. The van der Waals surface area contributed by atoms with Gasteiger partial charge in [0.15, 0.2) is 0 Å². The minimum Gasteiger partial charge on any atom is -0.455 e. The predicted molar refractivity (Wildman–Crippen MR) is 138 cm³/mol. The van der Waals surface area contributed by atoms with E-state index in [0.29, 0.717) is 34.1 Å². The maximum Gasteiger partial charge on any atom is 0.273 e. The van der Waals surface area contributed by atoms with Crippen LogP contribution in [0.25, 0.3) is 11.3 Å². The molecular formula is C25H24Cl2N4O5. The number of furan rings is 1. The molecule has 1 atom stereocenters. The van der Waals surface area contributed by atoms with Crippen LogP contribution in [0.4, 0.5) is 5.69 Å². The van der Waals surface area contributed by atoms with Crippen LogP contribution in [-0.4, -0.2) is 29.0 Å². The van der Waals surface area contributed by atoms with Gasteiger partial charge in [-0.25, -0.2) is 5.43 Å². The lowest BCUT2D eigenvalue weighted by molar-refractivity contribution is -0.385. The summed E-state index contributed by atoms with van der Waals surface area (Å²) in [6, 6.07) is 11.6. The maximum absolute atomic E-state index is 12.8. The second-order valence-corrected chi connectivity index (χ2v) is 9.27. The van der Waals surface area contributed by atoms with Crippen LogP contribution in [0, 0.1) is 23.0 Å². The summed E-state index contributed by atoms with van der Waals surface area (Å²) < 4.78 is 5.72. The number of nitro groups is 1. The van der Waals surface area contributed by atoms with Crippen LogP contribution in [-0.2, 0) is 4.79 Å². The fraction of sp³-hybridized carbons (Fsp3) is 0.240. The van der Waals surface area contributed by atoms with Gasteiger partial charge in [0, 0.05) is 22.2 Å². The minimum absolute atomic E-state index is 0.00971. The van der Waals surface area contributed by atoms with Crippen molar-refractivity contribution in [3.8, 4) is 11.3 Å². The highest BCUT2D eigenvalue weighted by molar-refractivity contribution is 6.36. The number of hydrogen-bond acceptors (Lipinski definition) is 6. The van der Waals surface area contributed by atoms with E-state index in [2.05, 4.69) is 15.8 Å². The van der Waals surface area contributed by atoms with Crippen molar-refractivity contribution in [1.82, 2.24) is 10.7 Å². The monoisotopic (exact) mass is 530 g/mol. The lowest BCUT2D eigenvalue weighted by atomic mass is 10.0. The molecule has 0 saturated carbocycles. The van der Waals surface area contributed by atoms with Crippen LogP contribution in [0.5, 0.6) is 0 Å². The van der Waals surface area contributed by atoms with Gasteiger partial charge in [-0.15, -0.1) is 0 Å². The summed E-state index contributed by atoms with van der Waals surface area (Å²) >= 11 is 12.0. The smallest absolute Gasteiger partial charge is 0.273 e. The van der Waals surface area contributed by atoms with Gasteiger partial charge >= 0.3 is 0 Å². The van der Waals surface area contributed by atoms with Crippen molar-refractivity contribution in [3.05, 3.63) is 85.6 Å². The summed E-state index contributed by atoms with van der Waals surface area (Å²) in [5.41, 5.74) is 3.66. The molecule has 11 heteroatoms. The third-order valence-electron chi connectivity index (χ3n) is 5.27. The molecule has 36 heavy (non-hydrogen) atoms. The Morgan fingerprint density at radius 3 is 2.58 bits per heavy atom. The van der Waals surface area contributed by atoms with Gasteiger partial charge in [-0.3, -0.25) is 19.7 Å². The number of rotatable bonds is 9. The number of carbonyl (C=O) groups is 2. The molecule has 1 heterocycles. The molecule has 0 bridgehead atoms. The fourth-order valence-electron chi connectivity index (χ4n) is 3.51. The van der Waals surface area contributed by atoms with E-state index in [4.69, 9.17) is 27.6 Å². The van der Waals surface area contributed by atoms with Crippen molar-refractivity contribution in [2.75, 3.05) is 0 Å². The van der Waals surface area contributed by atoms with Crippen molar-refractivity contribution in [1.29, 1.82) is 0 Å². The van der Waals surface area contributed by atoms with Crippen molar-refractivity contribution in [2.24, 2.45) is 11.0 Å². The maximum atomic E-state index is 12.8. The number of hydrazone groups is 1. The van der Waals surface area contributed by atoms with Crippen LogP contribution in [0.1, 0.15) is 41.9 Å². The average molecular weight is 531 g/mol. The molecule has 3 rings (SSSR count). The molecule has 0 aliphatic heterocycles. The third kappa shape index (κ3) is 6.71. The quantitative estimate of drug-likeness (QED) is 0.206. The Morgan fingerprint density at radius 1 is 1.17 bits per heavy atom. The zero-order chi connectivity index (χ0) is 26.4. The van der Waals surface area contributed by atoms with Gasteiger partial charge in [-0.2, -0.15) is 5.10 Å². The molecule has 0 aliphatic carbocycles. The van der Waals surface area contributed by atoms with Crippen LogP contribution in [0.15, 0.2) is 58.0 Å². The van der Waals surface area contributed by atoms with Crippen LogP contribution < -0.4 is 10.7 Å². The highest BCUT2D eigenvalue weighted by Gasteiger charge is 2.23. The standard InChI is InChI=1S/C25H24Cl2N4O5/c1-14(2)11-21(29-24(32)19-9-7-16(26)12-20(19)27)25(33)30-28-13-17-8-10-23(36-17)18-5-4-6-22(15(18)3)31(34)35/h4-10,12-14,21H,11H2,1-3H3,(H,29,32)(H,30,33)/b28-13+/t21-/m0/s1. The molecule has 9 nitrogen and oxygen atoms in total. The molecule has 2 N–H and O–H groups in total. The number of benzene rings is 2. The number of nitrogens with zero attached hydrogens (tertiary/aromatic N) is 2. The van der Waals surface area contributed by atoms with Crippen molar-refractivity contribution < 1.29 is 18.9 Å². The number of nitro benzene ring substituents is 1. The van der Waals surface area contributed by atoms with E-state index in [-0.39, 0.29) is 22.2 Å². The topological polar surface area (TPSA) is 127 Å². The molecule has 3 aromatic rings. The van der Waals surface area contributed by atoms with E-state index >= 15 is 0 Å². The summed E-state index contributed by atoms with van der Waals surface area (Å²) in [5, 5.41) is 18.4. The van der Waals surface area contributed by atoms with E-state index < -0.39 is 22.8 Å². The highest BCUT2D eigenvalue weighted by Crippen LogP contribution is 2.30. The molecule has 0 aliphatic rings. The zero-order valence-corrected chi connectivity index (χ0v) is 21.3. The largest absolute Gasteiger partial charge is 0.455 e. The first kappa shape index (κ1) is 26.9. The van der Waals surface area contributed by atoms with Gasteiger partial charge in [0.2, 0.25) is 0 Å². The van der Waals surface area contributed by atoms with Gasteiger partial charge in [0.05, 0.1) is 21.7 Å². The first-order valence-corrected chi connectivity index (χ1v) is 11.8. The Kier molecular flexibility index (Phi) is 8.84. The fourth-order valence-corrected chi connectivity index (χ4v) is 4.00. The molecular weight excluding hydrogens is 507 g/mol. The number of amides is 2. The van der Waals surface area contributed by atoms with E-state index in [1.165, 1.54) is 30.5 Å². The second-order valence-electron chi connectivity index (χ2n) is 8.42. The lowest BCUT2D eigenvalue weighted by Gasteiger charge is -2.19. The van der Waals surface area contributed by atoms with Crippen LogP contribution in [0.3, 0.4) is 0 Å². The predicted octanol–water partition coefficient (Wildman–Crippen LogP) is 5.76. The first-order valence-electron chi connectivity index (χ1n) is 11.0. The van der Waals surface area contributed by atoms with Gasteiger partial charge in [0.25, 0.3) is 17.5 Å². The lowest BCUT2D eigenvalue weighted by Crippen LogP contribution is -2.46. The summed E-state index contributed by atoms with van der Waals surface area (Å²) in [6.07, 6.45) is 1.67. The SMILES string of the molecule is Cc1c(-c2ccc(/C=N/NC(=O)[C@H](CC(C)C)NC(=O)c3ccc(Cl)cc3Cl)o2)cccc1[N+](=O)[O-]. The second kappa shape index (κ2) is 11.8. The van der Waals surface area contributed by atoms with Crippen molar-refractivity contribution >= 4 is 46.9 Å². The summed E-state index contributed by atoms with van der Waals surface area (Å²) in [5.74, 6) is -0.164. The molecule has 0 radical (unpaired) electrons. The normalized spacial score (nSPS) is 12.1. The van der Waals surface area contributed by atoms with Gasteiger partial charge in [-0.1, -0.05) is 49.2 Å². The van der Waals surface area contributed by atoms with E-state index in [1.807, 2.05) is 13.8 Å². The van der Waals surface area contributed by atoms with Gasteiger partial charge in [-0.05, 0) is 49.6 Å². The number of carbonyl (C=O) groups excluding carboxylic acids is 2. The highest BCUT2D eigenvalue weighted by atomic mass is 35.5. The Bertz CT molecular complexity index is 1320. The molecule has 1 aromatic heterocycles. The van der Waals surface area contributed by atoms with E-state index in [0.717, 1.165) is 0 Å². The summed E-state index contributed by atoms with van der Waals surface area (Å²) in [6.45, 7) is 5.49. The summed E-state index contributed by atoms with van der Waals surface area (Å²) in [4.78, 5) is 36.2. The van der Waals surface area contributed by atoms with Crippen molar-refractivity contribution in [2.45, 2.75) is 33.2 Å². The molecule has 188 valence electrons. The summed E-state index contributed by atoms with van der Waals surface area (Å²) in [7, 11) is 0. The first-order chi connectivity index (χ1) is 17.1. The average Bonchev–Trinajstić information content (AvgIpc) is 3.26. The molecule has 2 amide bonds. The van der Waals surface area contributed by atoms with Crippen molar-refractivity contribution in [3.63, 3.8) is 0 Å². The molecule has 2 aromatic carbocycles. The van der Waals surface area contributed by atoms with Gasteiger partial charge in [0.1, 0.15) is 17.6 Å². The van der Waals surface area contributed by atoms with Crippen LogP contribution >= 0.6 is 23.2 Å². The van der Waals surface area contributed by atoms with E-state index in [1.54, 1.807) is 31.2 Å². The number of nitrogens with one attached hydrogen (secondary N) is 2. The molecule has 0 fully saturated rings. The Morgan fingerprint density at radius 2 is 1.92 bits per heavy atom. The molecule has 0 unspecified atom stereocenters.